The van der Waals surface area contributed by atoms with E-state index in [9.17, 15) is 4.79 Å². The summed E-state index contributed by atoms with van der Waals surface area (Å²) in [5.41, 5.74) is 2.70. The van der Waals surface area contributed by atoms with Crippen molar-refractivity contribution in [2.24, 2.45) is 4.99 Å². The predicted octanol–water partition coefficient (Wildman–Crippen LogP) is 6.68. The Kier molecular flexibility index (Phi) is 6.23. The van der Waals surface area contributed by atoms with Gasteiger partial charge in [0.25, 0.3) is 0 Å². The molecule has 150 valence electrons. The van der Waals surface area contributed by atoms with Gasteiger partial charge in [-0.1, -0.05) is 63.4 Å². The zero-order valence-corrected chi connectivity index (χ0v) is 18.5. The Balaban J connectivity index is 1.45. The van der Waals surface area contributed by atoms with E-state index in [1.54, 1.807) is 18.2 Å². The number of carbonyl (C=O) groups excluding carboxylic acids is 1. The molecule has 0 N–H and O–H groups in total. The molecular weight excluding hydrogens is 489 g/mol. The number of cyclic esters (lactones) is 1. The summed E-state index contributed by atoms with van der Waals surface area (Å²) in [5.74, 6) is 0.495. The molecule has 4 nitrogen and oxygen atoms in total. The summed E-state index contributed by atoms with van der Waals surface area (Å²) in [6.45, 7) is 0.365. The third-order valence-electron chi connectivity index (χ3n) is 4.27. The molecule has 0 saturated heterocycles. The molecule has 0 fully saturated rings. The van der Waals surface area contributed by atoms with Gasteiger partial charge < -0.3 is 9.47 Å². The van der Waals surface area contributed by atoms with Gasteiger partial charge in [-0.15, -0.1) is 0 Å². The number of benzene rings is 3. The van der Waals surface area contributed by atoms with Crippen LogP contribution in [0, 0.1) is 0 Å². The van der Waals surface area contributed by atoms with Crippen LogP contribution in [0.15, 0.2) is 81.9 Å². The van der Waals surface area contributed by atoms with Crippen molar-refractivity contribution in [1.29, 1.82) is 0 Å². The molecule has 0 radical (unpaired) electrons. The molecule has 0 aromatic heterocycles. The first-order chi connectivity index (χ1) is 14.5. The lowest BCUT2D eigenvalue weighted by atomic mass is 10.2. The van der Waals surface area contributed by atoms with Crippen LogP contribution in [0.5, 0.6) is 5.75 Å². The molecule has 0 atom stereocenters. The minimum absolute atomic E-state index is 0.245. The van der Waals surface area contributed by atoms with Gasteiger partial charge in [-0.3, -0.25) is 0 Å². The van der Waals surface area contributed by atoms with Crippen molar-refractivity contribution >= 4 is 57.1 Å². The highest BCUT2D eigenvalue weighted by atomic mass is 79.9. The fourth-order valence-electron chi connectivity index (χ4n) is 2.77. The van der Waals surface area contributed by atoms with Gasteiger partial charge in [-0.2, -0.15) is 0 Å². The lowest BCUT2D eigenvalue weighted by molar-refractivity contribution is -0.129. The second-order valence-electron chi connectivity index (χ2n) is 6.45. The van der Waals surface area contributed by atoms with Crippen molar-refractivity contribution in [1.82, 2.24) is 0 Å². The fraction of sp³-hybridized carbons (Fsp3) is 0.0435. The standard InChI is InChI=1S/C23H14BrCl2NO3/c24-17-3-1-2-16(12-17)22-27-21(23(28)30-22)11-14-4-7-18(8-5-14)29-13-15-6-9-19(25)20(26)10-15/h1-12H,13H2/b21-11-. The molecule has 0 bridgehead atoms. The molecular formula is C23H14BrCl2NO3. The highest BCUT2D eigenvalue weighted by Gasteiger charge is 2.24. The highest BCUT2D eigenvalue weighted by molar-refractivity contribution is 9.10. The van der Waals surface area contributed by atoms with E-state index in [1.165, 1.54) is 0 Å². The number of aliphatic imine (C=N–C) groups is 1. The van der Waals surface area contributed by atoms with Crippen molar-refractivity contribution in [3.05, 3.63) is 104 Å². The average Bonchev–Trinajstić information content (AvgIpc) is 3.10. The topological polar surface area (TPSA) is 47.9 Å². The first-order valence-electron chi connectivity index (χ1n) is 8.93. The van der Waals surface area contributed by atoms with Crippen LogP contribution >= 0.6 is 39.1 Å². The second kappa shape index (κ2) is 9.04. The van der Waals surface area contributed by atoms with Crippen LogP contribution in [-0.4, -0.2) is 11.9 Å². The molecule has 0 spiro atoms. The van der Waals surface area contributed by atoms with Gasteiger partial charge >= 0.3 is 5.97 Å². The summed E-state index contributed by atoms with van der Waals surface area (Å²) < 4.78 is 11.9. The van der Waals surface area contributed by atoms with E-state index >= 15 is 0 Å². The van der Waals surface area contributed by atoms with Crippen LogP contribution in [0.4, 0.5) is 0 Å². The van der Waals surface area contributed by atoms with E-state index in [1.807, 2.05) is 54.6 Å². The first kappa shape index (κ1) is 20.7. The minimum atomic E-state index is -0.482. The van der Waals surface area contributed by atoms with Crippen molar-refractivity contribution < 1.29 is 14.3 Å². The zero-order valence-electron chi connectivity index (χ0n) is 15.4. The van der Waals surface area contributed by atoms with E-state index in [4.69, 9.17) is 32.7 Å². The Morgan fingerprint density at radius 3 is 2.53 bits per heavy atom. The quantitative estimate of drug-likeness (QED) is 0.289. The van der Waals surface area contributed by atoms with Crippen LogP contribution < -0.4 is 4.74 Å². The number of ether oxygens (including phenoxy) is 2. The van der Waals surface area contributed by atoms with Crippen molar-refractivity contribution in [2.75, 3.05) is 0 Å². The van der Waals surface area contributed by atoms with Gasteiger partial charge in [-0.25, -0.2) is 9.79 Å². The molecule has 3 aromatic rings. The largest absolute Gasteiger partial charge is 0.489 e. The lowest BCUT2D eigenvalue weighted by Gasteiger charge is -2.07. The Morgan fingerprint density at radius 2 is 1.80 bits per heavy atom. The van der Waals surface area contributed by atoms with E-state index in [-0.39, 0.29) is 11.6 Å². The molecule has 1 aliphatic rings. The van der Waals surface area contributed by atoms with Crippen molar-refractivity contribution in [3.8, 4) is 5.75 Å². The third-order valence-corrected chi connectivity index (χ3v) is 5.50. The predicted molar refractivity (Wildman–Crippen MR) is 122 cm³/mol. The molecule has 3 aromatic carbocycles. The summed E-state index contributed by atoms with van der Waals surface area (Å²) in [5, 5.41) is 1.000. The molecule has 4 rings (SSSR count). The number of hydrogen-bond acceptors (Lipinski definition) is 4. The summed E-state index contributed by atoms with van der Waals surface area (Å²) in [7, 11) is 0. The Morgan fingerprint density at radius 1 is 1.00 bits per heavy atom. The van der Waals surface area contributed by atoms with Gasteiger partial charge in [0, 0.05) is 10.0 Å². The van der Waals surface area contributed by atoms with Gasteiger partial charge in [0.05, 0.1) is 10.0 Å². The second-order valence-corrected chi connectivity index (χ2v) is 8.18. The summed E-state index contributed by atoms with van der Waals surface area (Å²) in [6, 6.07) is 20.1. The fourth-order valence-corrected chi connectivity index (χ4v) is 3.49. The Labute approximate surface area is 191 Å². The molecule has 0 aliphatic carbocycles. The maximum absolute atomic E-state index is 12.2. The van der Waals surface area contributed by atoms with Crippen LogP contribution in [0.25, 0.3) is 6.08 Å². The van der Waals surface area contributed by atoms with Gasteiger partial charge in [0.2, 0.25) is 5.90 Å². The van der Waals surface area contributed by atoms with Crippen LogP contribution in [-0.2, 0) is 16.1 Å². The molecule has 0 amide bonds. The highest BCUT2D eigenvalue weighted by Crippen LogP contribution is 2.25. The van der Waals surface area contributed by atoms with E-state index in [2.05, 4.69) is 20.9 Å². The van der Waals surface area contributed by atoms with Crippen LogP contribution in [0.2, 0.25) is 10.0 Å². The zero-order chi connectivity index (χ0) is 21.1. The number of rotatable bonds is 5. The maximum atomic E-state index is 12.2. The van der Waals surface area contributed by atoms with E-state index < -0.39 is 5.97 Å². The number of hydrogen-bond donors (Lipinski definition) is 0. The average molecular weight is 503 g/mol. The summed E-state index contributed by atoms with van der Waals surface area (Å²) in [4.78, 5) is 16.5. The maximum Gasteiger partial charge on any atom is 0.363 e. The smallest absolute Gasteiger partial charge is 0.363 e. The first-order valence-corrected chi connectivity index (χ1v) is 10.5. The molecule has 7 heteroatoms. The van der Waals surface area contributed by atoms with Crippen molar-refractivity contribution in [3.63, 3.8) is 0 Å². The number of esters is 1. The van der Waals surface area contributed by atoms with Gasteiger partial charge in [-0.05, 0) is 59.7 Å². The Hall–Kier alpha value is -2.60. The Bertz CT molecular complexity index is 1170. The summed E-state index contributed by atoms with van der Waals surface area (Å²) in [6.07, 6.45) is 1.68. The van der Waals surface area contributed by atoms with Gasteiger partial charge in [0.1, 0.15) is 12.4 Å². The van der Waals surface area contributed by atoms with E-state index in [0.717, 1.165) is 21.2 Å². The summed E-state index contributed by atoms with van der Waals surface area (Å²) >= 11 is 15.3. The third kappa shape index (κ3) is 4.93. The number of halogens is 3. The van der Waals surface area contributed by atoms with E-state index in [0.29, 0.717) is 22.4 Å². The van der Waals surface area contributed by atoms with Gasteiger partial charge in [0.15, 0.2) is 5.70 Å². The van der Waals surface area contributed by atoms with Crippen molar-refractivity contribution in [2.45, 2.75) is 6.61 Å². The molecule has 30 heavy (non-hydrogen) atoms. The molecule has 1 heterocycles. The molecule has 0 saturated carbocycles. The molecule has 1 aliphatic heterocycles. The number of nitrogens with zero attached hydrogens (tertiary/aromatic N) is 1. The number of carbonyl (C=O) groups is 1. The minimum Gasteiger partial charge on any atom is -0.489 e. The lowest BCUT2D eigenvalue weighted by Crippen LogP contribution is -2.05. The van der Waals surface area contributed by atoms with Crippen LogP contribution in [0.3, 0.4) is 0 Å². The van der Waals surface area contributed by atoms with Crippen LogP contribution in [0.1, 0.15) is 16.7 Å². The normalized spacial score (nSPS) is 14.6. The SMILES string of the molecule is O=C1OC(c2cccc(Br)c2)=N/C1=C\c1ccc(OCc2ccc(Cl)c(Cl)c2)cc1. The monoisotopic (exact) mass is 501 g/mol. The molecule has 0 unspecified atom stereocenters.